The molecule has 3 rings (SSSR count). The monoisotopic (exact) mass is 390 g/mol. The maximum Gasteiger partial charge on any atom is 0.293 e. The van der Waals surface area contributed by atoms with E-state index >= 15 is 0 Å². The molecular formula is C17H15BrN2O2S. The van der Waals surface area contributed by atoms with Crippen LogP contribution in [0.2, 0.25) is 0 Å². The number of carbonyl (C=O) groups is 2. The first-order chi connectivity index (χ1) is 11.0. The third kappa shape index (κ3) is 3.14. The standard InChI is InChI=1S/C17H15BrN2O2S/c1-11(2)20-16(21)15(23-17(20)22)10-14-7-4-8-19(14)13-6-3-5-12(18)9-13/h3-11H,1-2H3. The van der Waals surface area contributed by atoms with Gasteiger partial charge in [-0.25, -0.2) is 0 Å². The highest BCUT2D eigenvalue weighted by Gasteiger charge is 2.36. The number of hydrogen-bond acceptors (Lipinski definition) is 3. The molecule has 2 amide bonds. The first-order valence-corrected chi connectivity index (χ1v) is 8.78. The summed E-state index contributed by atoms with van der Waals surface area (Å²) in [6, 6.07) is 11.6. The molecule has 0 aliphatic carbocycles. The number of benzene rings is 1. The van der Waals surface area contributed by atoms with E-state index in [4.69, 9.17) is 0 Å². The molecule has 6 heteroatoms. The van der Waals surface area contributed by atoms with Gasteiger partial charge in [0.05, 0.1) is 4.91 Å². The number of halogens is 1. The van der Waals surface area contributed by atoms with Gasteiger partial charge in [0, 0.05) is 28.1 Å². The lowest BCUT2D eigenvalue weighted by atomic mass is 10.3. The summed E-state index contributed by atoms with van der Waals surface area (Å²) in [6.45, 7) is 3.67. The van der Waals surface area contributed by atoms with Crippen LogP contribution in [0.15, 0.2) is 52.0 Å². The molecule has 0 atom stereocenters. The Morgan fingerprint density at radius 2 is 1.96 bits per heavy atom. The predicted octanol–water partition coefficient (Wildman–Crippen LogP) is 4.68. The van der Waals surface area contributed by atoms with Gasteiger partial charge in [-0.05, 0) is 62.0 Å². The average molecular weight is 391 g/mol. The van der Waals surface area contributed by atoms with Crippen molar-refractivity contribution in [1.82, 2.24) is 9.47 Å². The maximum absolute atomic E-state index is 12.4. The molecule has 118 valence electrons. The van der Waals surface area contributed by atoms with Gasteiger partial charge < -0.3 is 4.57 Å². The Morgan fingerprint density at radius 1 is 1.17 bits per heavy atom. The van der Waals surface area contributed by atoms with Gasteiger partial charge in [-0.3, -0.25) is 14.5 Å². The average Bonchev–Trinajstić information content (AvgIpc) is 3.04. The first kappa shape index (κ1) is 16.1. The van der Waals surface area contributed by atoms with E-state index in [1.165, 1.54) is 4.90 Å². The minimum Gasteiger partial charge on any atom is -0.317 e. The zero-order valence-corrected chi connectivity index (χ0v) is 15.1. The van der Waals surface area contributed by atoms with Crippen LogP contribution in [0.25, 0.3) is 11.8 Å². The van der Waals surface area contributed by atoms with E-state index in [2.05, 4.69) is 15.9 Å². The number of thioether (sulfide) groups is 1. The molecule has 0 N–H and O–H groups in total. The zero-order chi connectivity index (χ0) is 16.6. The van der Waals surface area contributed by atoms with Crippen LogP contribution in [0.4, 0.5) is 4.79 Å². The molecule has 0 saturated carbocycles. The minimum absolute atomic E-state index is 0.134. The van der Waals surface area contributed by atoms with Crippen molar-refractivity contribution in [3.8, 4) is 5.69 Å². The maximum atomic E-state index is 12.4. The lowest BCUT2D eigenvalue weighted by Crippen LogP contribution is -2.34. The fraction of sp³-hybridized carbons (Fsp3) is 0.176. The molecule has 23 heavy (non-hydrogen) atoms. The van der Waals surface area contributed by atoms with Gasteiger partial charge in [0.1, 0.15) is 0 Å². The Hall–Kier alpha value is -1.79. The topological polar surface area (TPSA) is 42.3 Å². The predicted molar refractivity (Wildman–Crippen MR) is 96.4 cm³/mol. The van der Waals surface area contributed by atoms with Gasteiger partial charge in [-0.15, -0.1) is 0 Å². The Kier molecular flexibility index (Phi) is 4.46. The quantitative estimate of drug-likeness (QED) is 0.714. The summed E-state index contributed by atoms with van der Waals surface area (Å²) >= 11 is 4.45. The van der Waals surface area contributed by atoms with Gasteiger partial charge in [0.2, 0.25) is 0 Å². The van der Waals surface area contributed by atoms with E-state index < -0.39 is 0 Å². The Labute approximate surface area is 147 Å². The van der Waals surface area contributed by atoms with Gasteiger partial charge in [0.15, 0.2) is 0 Å². The Bertz CT molecular complexity index is 810. The summed E-state index contributed by atoms with van der Waals surface area (Å²) in [4.78, 5) is 26.1. The number of rotatable bonds is 3. The van der Waals surface area contributed by atoms with Crippen LogP contribution in [-0.2, 0) is 4.79 Å². The van der Waals surface area contributed by atoms with Crippen molar-refractivity contribution in [2.75, 3.05) is 0 Å². The largest absolute Gasteiger partial charge is 0.317 e. The molecule has 0 radical (unpaired) electrons. The van der Waals surface area contributed by atoms with Gasteiger partial charge in [0.25, 0.3) is 11.1 Å². The van der Waals surface area contributed by atoms with Gasteiger partial charge >= 0.3 is 0 Å². The zero-order valence-electron chi connectivity index (χ0n) is 12.7. The Morgan fingerprint density at radius 3 is 2.61 bits per heavy atom. The fourth-order valence-electron chi connectivity index (χ4n) is 2.43. The molecule has 1 aromatic carbocycles. The number of hydrogen-bond donors (Lipinski definition) is 0. The molecule has 0 spiro atoms. The lowest BCUT2D eigenvalue weighted by Gasteiger charge is -2.16. The summed E-state index contributed by atoms with van der Waals surface area (Å²) in [6.07, 6.45) is 3.70. The van der Waals surface area contributed by atoms with Crippen molar-refractivity contribution in [1.29, 1.82) is 0 Å². The first-order valence-electron chi connectivity index (χ1n) is 7.18. The third-order valence-electron chi connectivity index (χ3n) is 3.49. The molecule has 1 saturated heterocycles. The minimum atomic E-state index is -0.225. The van der Waals surface area contributed by atoms with Gasteiger partial charge in [-0.1, -0.05) is 22.0 Å². The van der Waals surface area contributed by atoms with Crippen LogP contribution in [0.3, 0.4) is 0 Å². The SMILES string of the molecule is CC(C)N1C(=O)SC(=Cc2cccn2-c2cccc(Br)c2)C1=O. The molecule has 2 aromatic rings. The van der Waals surface area contributed by atoms with Crippen LogP contribution < -0.4 is 0 Å². The van der Waals surface area contributed by atoms with Crippen molar-refractivity contribution in [2.24, 2.45) is 0 Å². The molecule has 1 fully saturated rings. The Balaban J connectivity index is 1.98. The normalized spacial score (nSPS) is 16.9. The van der Waals surface area contributed by atoms with Crippen LogP contribution >= 0.6 is 27.7 Å². The van der Waals surface area contributed by atoms with E-state index in [-0.39, 0.29) is 17.2 Å². The molecule has 1 aromatic heterocycles. The number of aromatic nitrogens is 1. The van der Waals surface area contributed by atoms with E-state index in [0.717, 1.165) is 27.6 Å². The molecule has 1 aliphatic heterocycles. The summed E-state index contributed by atoms with van der Waals surface area (Å²) in [5, 5.41) is -0.211. The number of amides is 2. The third-order valence-corrected chi connectivity index (χ3v) is 4.86. The highest BCUT2D eigenvalue weighted by atomic mass is 79.9. The lowest BCUT2D eigenvalue weighted by molar-refractivity contribution is -0.123. The van der Waals surface area contributed by atoms with E-state index in [1.54, 1.807) is 6.08 Å². The second-order valence-corrected chi connectivity index (χ2v) is 7.34. The summed E-state index contributed by atoms with van der Waals surface area (Å²) in [7, 11) is 0. The van der Waals surface area contributed by atoms with E-state index in [9.17, 15) is 9.59 Å². The molecule has 4 nitrogen and oxygen atoms in total. The highest BCUT2D eigenvalue weighted by molar-refractivity contribution is 9.10. The molecule has 0 bridgehead atoms. The fourth-order valence-corrected chi connectivity index (χ4v) is 3.76. The summed E-state index contributed by atoms with van der Waals surface area (Å²) < 4.78 is 2.96. The van der Waals surface area contributed by atoms with Crippen molar-refractivity contribution in [3.05, 3.63) is 57.7 Å². The smallest absolute Gasteiger partial charge is 0.293 e. The number of nitrogens with zero attached hydrogens (tertiary/aromatic N) is 2. The van der Waals surface area contributed by atoms with Crippen molar-refractivity contribution < 1.29 is 9.59 Å². The second kappa shape index (κ2) is 6.37. The summed E-state index contributed by atoms with van der Waals surface area (Å²) in [5.74, 6) is -0.225. The van der Waals surface area contributed by atoms with Gasteiger partial charge in [-0.2, -0.15) is 0 Å². The molecule has 1 aliphatic rings. The second-order valence-electron chi connectivity index (χ2n) is 5.43. The van der Waals surface area contributed by atoms with E-state index in [1.807, 2.05) is 61.0 Å². The van der Waals surface area contributed by atoms with Crippen LogP contribution in [0, 0.1) is 0 Å². The molecular weight excluding hydrogens is 376 g/mol. The molecule has 0 unspecified atom stereocenters. The highest BCUT2D eigenvalue weighted by Crippen LogP contribution is 2.33. The number of carbonyl (C=O) groups excluding carboxylic acids is 2. The van der Waals surface area contributed by atoms with Crippen LogP contribution in [-0.4, -0.2) is 26.7 Å². The van der Waals surface area contributed by atoms with Crippen LogP contribution in [0.5, 0.6) is 0 Å². The van der Waals surface area contributed by atoms with Crippen molar-refractivity contribution >= 4 is 44.9 Å². The molecule has 2 heterocycles. The number of imide groups is 1. The van der Waals surface area contributed by atoms with Crippen LogP contribution in [0.1, 0.15) is 19.5 Å². The van der Waals surface area contributed by atoms with Crippen molar-refractivity contribution in [2.45, 2.75) is 19.9 Å². The van der Waals surface area contributed by atoms with Crippen molar-refractivity contribution in [3.63, 3.8) is 0 Å². The summed E-state index contributed by atoms with van der Waals surface area (Å²) in [5.41, 5.74) is 1.84. The van der Waals surface area contributed by atoms with E-state index in [0.29, 0.717) is 4.91 Å².